The van der Waals surface area contributed by atoms with Crippen molar-refractivity contribution in [3.63, 3.8) is 0 Å². The van der Waals surface area contributed by atoms with E-state index < -0.39 is 10.7 Å². The molecule has 4 aromatic rings. The second-order valence-corrected chi connectivity index (χ2v) is 7.58. The van der Waals surface area contributed by atoms with Crippen LogP contribution in [-0.4, -0.2) is 14.5 Å². The van der Waals surface area contributed by atoms with E-state index in [0.717, 1.165) is 5.56 Å². The predicted molar refractivity (Wildman–Crippen MR) is 115 cm³/mol. The van der Waals surface area contributed by atoms with Crippen LogP contribution in [0.15, 0.2) is 76.7 Å². The van der Waals surface area contributed by atoms with Crippen LogP contribution in [0.5, 0.6) is 0 Å². The summed E-state index contributed by atoms with van der Waals surface area (Å²) in [5, 5.41) is 12.1. The number of rotatable bonds is 5. The van der Waals surface area contributed by atoms with Gasteiger partial charge in [0.2, 0.25) is 0 Å². The van der Waals surface area contributed by atoms with Crippen molar-refractivity contribution < 1.29 is 9.31 Å². The smallest absolute Gasteiger partial charge is 0.268 e. The van der Waals surface area contributed by atoms with Gasteiger partial charge in [0.1, 0.15) is 5.82 Å². The highest BCUT2D eigenvalue weighted by Gasteiger charge is 2.16. The van der Waals surface area contributed by atoms with Crippen molar-refractivity contribution in [2.24, 2.45) is 0 Å². The van der Waals surface area contributed by atoms with Gasteiger partial charge in [-0.25, -0.2) is 9.37 Å². The van der Waals surface area contributed by atoms with Gasteiger partial charge in [-0.3, -0.25) is 19.5 Å². The number of nitro groups is 1. The molecular formula is C22H16FN3O3S. The summed E-state index contributed by atoms with van der Waals surface area (Å²) in [5.74, 6) is -0.0126. The lowest BCUT2D eigenvalue weighted by atomic mass is 10.1. The van der Waals surface area contributed by atoms with Gasteiger partial charge >= 0.3 is 0 Å². The zero-order valence-corrected chi connectivity index (χ0v) is 16.7. The summed E-state index contributed by atoms with van der Waals surface area (Å²) in [6, 6.07) is 17.6. The number of halogens is 1. The Morgan fingerprint density at radius 2 is 1.80 bits per heavy atom. The number of thioether (sulfide) groups is 1. The lowest BCUT2D eigenvalue weighted by Gasteiger charge is -2.14. The number of benzene rings is 3. The van der Waals surface area contributed by atoms with E-state index in [2.05, 4.69) is 4.98 Å². The normalized spacial score (nSPS) is 11.0. The van der Waals surface area contributed by atoms with Crippen molar-refractivity contribution in [2.75, 3.05) is 0 Å². The van der Waals surface area contributed by atoms with Gasteiger partial charge in [-0.2, -0.15) is 0 Å². The monoisotopic (exact) mass is 421 g/mol. The molecule has 0 unspecified atom stereocenters. The van der Waals surface area contributed by atoms with Crippen molar-refractivity contribution in [1.82, 2.24) is 9.55 Å². The average molecular weight is 421 g/mol. The molecule has 0 radical (unpaired) electrons. The number of fused-ring (bicyclic) bond motifs is 1. The van der Waals surface area contributed by atoms with Crippen LogP contribution in [0.1, 0.15) is 11.1 Å². The third-order valence-corrected chi connectivity index (χ3v) is 5.79. The highest BCUT2D eigenvalue weighted by Crippen LogP contribution is 2.29. The molecule has 0 N–H and O–H groups in total. The summed E-state index contributed by atoms with van der Waals surface area (Å²) >= 11 is 1.30. The molecule has 0 fully saturated rings. The molecular weight excluding hydrogens is 405 g/mol. The molecule has 1 heterocycles. The van der Waals surface area contributed by atoms with Gasteiger partial charge in [-0.05, 0) is 48.9 Å². The Bertz CT molecular complexity index is 1320. The summed E-state index contributed by atoms with van der Waals surface area (Å²) in [6.45, 7) is 1.70. The number of para-hydroxylation sites is 1. The number of nitrogens with zero attached hydrogens (tertiary/aromatic N) is 3. The molecule has 1 aromatic heterocycles. The lowest BCUT2D eigenvalue weighted by Crippen LogP contribution is -2.21. The quantitative estimate of drug-likeness (QED) is 0.195. The second-order valence-electron chi connectivity index (χ2n) is 6.64. The summed E-state index contributed by atoms with van der Waals surface area (Å²) in [7, 11) is 0. The molecule has 0 saturated heterocycles. The molecule has 8 heteroatoms. The minimum absolute atomic E-state index is 0.0514. The van der Waals surface area contributed by atoms with Gasteiger partial charge in [0.15, 0.2) is 5.16 Å². The molecule has 0 bridgehead atoms. The van der Waals surface area contributed by atoms with Crippen molar-refractivity contribution in [3.8, 4) is 5.69 Å². The first-order chi connectivity index (χ1) is 14.5. The molecule has 30 heavy (non-hydrogen) atoms. The minimum Gasteiger partial charge on any atom is -0.268 e. The Morgan fingerprint density at radius 1 is 1.07 bits per heavy atom. The standard InChI is InChI=1S/C22H16FN3O3S/c1-14-15(5-4-8-20(14)26(28)29)13-30-22-24-19-7-3-2-6-18(19)21(27)25(22)17-11-9-16(23)10-12-17/h2-12H,13H2,1H3. The molecule has 0 amide bonds. The topological polar surface area (TPSA) is 78.0 Å². The Hall–Kier alpha value is -3.52. The fourth-order valence-corrected chi connectivity index (χ4v) is 4.27. The van der Waals surface area contributed by atoms with Crippen LogP contribution in [0.25, 0.3) is 16.6 Å². The van der Waals surface area contributed by atoms with Crippen molar-refractivity contribution in [1.29, 1.82) is 0 Å². The molecule has 150 valence electrons. The van der Waals surface area contributed by atoms with Gasteiger partial charge in [0.05, 0.1) is 21.5 Å². The predicted octanol–water partition coefficient (Wildman–Crippen LogP) is 5.03. The molecule has 0 saturated carbocycles. The van der Waals surface area contributed by atoms with Gasteiger partial charge in [0.25, 0.3) is 11.2 Å². The molecule has 0 atom stereocenters. The SMILES string of the molecule is Cc1c(CSc2nc3ccccc3c(=O)n2-c2ccc(F)cc2)cccc1[N+](=O)[O-]. The average Bonchev–Trinajstić information content (AvgIpc) is 2.74. The third-order valence-electron chi connectivity index (χ3n) is 4.80. The maximum Gasteiger partial charge on any atom is 0.272 e. The fourth-order valence-electron chi connectivity index (χ4n) is 3.19. The summed E-state index contributed by atoms with van der Waals surface area (Å²) in [5.41, 5.74) is 2.20. The van der Waals surface area contributed by atoms with Crippen LogP contribution in [0.2, 0.25) is 0 Å². The first-order valence-corrected chi connectivity index (χ1v) is 10.1. The van der Waals surface area contributed by atoms with Crippen molar-refractivity contribution >= 4 is 28.4 Å². The van der Waals surface area contributed by atoms with E-state index >= 15 is 0 Å². The number of hydrogen-bond acceptors (Lipinski definition) is 5. The third kappa shape index (κ3) is 3.69. The van der Waals surface area contributed by atoms with Crippen LogP contribution < -0.4 is 5.56 Å². The van der Waals surface area contributed by atoms with E-state index in [1.807, 2.05) is 6.07 Å². The molecule has 6 nitrogen and oxygen atoms in total. The zero-order chi connectivity index (χ0) is 21.3. The van der Waals surface area contributed by atoms with Crippen LogP contribution >= 0.6 is 11.8 Å². The summed E-state index contributed by atoms with van der Waals surface area (Å²) < 4.78 is 14.9. The lowest BCUT2D eigenvalue weighted by molar-refractivity contribution is -0.385. The van der Waals surface area contributed by atoms with Crippen LogP contribution in [-0.2, 0) is 5.75 Å². The second kappa shape index (κ2) is 8.08. The van der Waals surface area contributed by atoms with E-state index in [1.165, 1.54) is 46.7 Å². The number of nitro benzene ring substituents is 1. The first-order valence-electron chi connectivity index (χ1n) is 9.09. The van der Waals surface area contributed by atoms with Crippen LogP contribution in [0, 0.1) is 22.9 Å². The number of hydrogen-bond donors (Lipinski definition) is 0. The largest absolute Gasteiger partial charge is 0.272 e. The Kier molecular flexibility index (Phi) is 5.33. The van der Waals surface area contributed by atoms with E-state index in [-0.39, 0.29) is 11.2 Å². The maximum atomic E-state index is 13.4. The van der Waals surface area contributed by atoms with Crippen LogP contribution in [0.4, 0.5) is 10.1 Å². The van der Waals surface area contributed by atoms with E-state index in [0.29, 0.717) is 33.1 Å². The Morgan fingerprint density at radius 3 is 2.53 bits per heavy atom. The van der Waals surface area contributed by atoms with E-state index in [1.54, 1.807) is 37.3 Å². The van der Waals surface area contributed by atoms with Gasteiger partial charge in [-0.15, -0.1) is 0 Å². The van der Waals surface area contributed by atoms with Crippen molar-refractivity contribution in [3.05, 3.63) is 104 Å². The van der Waals surface area contributed by atoms with Gasteiger partial charge < -0.3 is 0 Å². The van der Waals surface area contributed by atoms with E-state index in [9.17, 15) is 19.3 Å². The summed E-state index contributed by atoms with van der Waals surface area (Å²) in [6.07, 6.45) is 0. The number of aromatic nitrogens is 2. The fraction of sp³-hybridized carbons (Fsp3) is 0.0909. The molecule has 3 aromatic carbocycles. The summed E-state index contributed by atoms with van der Waals surface area (Å²) in [4.78, 5) is 28.6. The van der Waals surface area contributed by atoms with Gasteiger partial charge in [0, 0.05) is 17.4 Å². The van der Waals surface area contributed by atoms with Gasteiger partial charge in [-0.1, -0.05) is 36.0 Å². The highest BCUT2D eigenvalue weighted by molar-refractivity contribution is 7.98. The first kappa shape index (κ1) is 19.8. The van der Waals surface area contributed by atoms with Crippen LogP contribution in [0.3, 0.4) is 0 Å². The Labute approximate surface area is 175 Å². The molecule has 0 aliphatic heterocycles. The molecule has 0 aliphatic carbocycles. The minimum atomic E-state index is -0.410. The Balaban J connectivity index is 1.81. The highest BCUT2D eigenvalue weighted by atomic mass is 32.2. The molecule has 0 aliphatic rings. The molecule has 4 rings (SSSR count). The molecule has 0 spiro atoms. The van der Waals surface area contributed by atoms with Crippen molar-refractivity contribution in [2.45, 2.75) is 17.8 Å². The van der Waals surface area contributed by atoms with E-state index in [4.69, 9.17) is 0 Å². The maximum absolute atomic E-state index is 13.4. The zero-order valence-electron chi connectivity index (χ0n) is 15.9.